The third-order valence-electron chi connectivity index (χ3n) is 5.35. The smallest absolute Gasteiger partial charge is 0.338 e. The van der Waals surface area contributed by atoms with Gasteiger partial charge in [-0.15, -0.1) is 0 Å². The Hall–Kier alpha value is -2.44. The molecule has 1 amide bonds. The van der Waals surface area contributed by atoms with Crippen molar-refractivity contribution in [3.8, 4) is 0 Å². The quantitative estimate of drug-likeness (QED) is 0.455. The Morgan fingerprint density at radius 3 is 2.08 bits per heavy atom. The summed E-state index contributed by atoms with van der Waals surface area (Å²) < 4.78 is 4.67. The summed E-state index contributed by atoms with van der Waals surface area (Å²) in [5.74, 6) is -0.237. The zero-order valence-corrected chi connectivity index (χ0v) is 15.1. The van der Waals surface area contributed by atoms with Gasteiger partial charge in [0, 0.05) is 29.8 Å². The van der Waals surface area contributed by atoms with Gasteiger partial charge in [0.15, 0.2) is 0 Å². The molecule has 140 valence electrons. The van der Waals surface area contributed by atoms with Crippen LogP contribution in [0.1, 0.15) is 66.2 Å². The molecule has 0 unspecified atom stereocenters. The van der Waals surface area contributed by atoms with Crippen molar-refractivity contribution in [3.63, 3.8) is 0 Å². The fraction of sp³-hybridized carbons (Fsp3) is 0.579. The van der Waals surface area contributed by atoms with Crippen LogP contribution in [0, 0.1) is 16.0 Å². The molecule has 0 aliphatic heterocycles. The van der Waals surface area contributed by atoms with Gasteiger partial charge < -0.3 is 9.64 Å². The minimum atomic E-state index is -0.688. The van der Waals surface area contributed by atoms with Crippen molar-refractivity contribution in [2.75, 3.05) is 7.11 Å². The number of carbonyl (C=O) groups excluding carboxylic acids is 2. The maximum absolute atomic E-state index is 13.2. The van der Waals surface area contributed by atoms with Crippen molar-refractivity contribution >= 4 is 17.6 Å². The predicted molar refractivity (Wildman–Crippen MR) is 95.0 cm³/mol. The van der Waals surface area contributed by atoms with Gasteiger partial charge in [0.25, 0.3) is 11.6 Å². The van der Waals surface area contributed by atoms with Crippen molar-refractivity contribution in [2.45, 2.75) is 57.5 Å². The Kier molecular flexibility index (Phi) is 5.25. The van der Waals surface area contributed by atoms with Crippen LogP contribution in [0.15, 0.2) is 18.2 Å². The molecule has 0 aromatic heterocycles. The van der Waals surface area contributed by atoms with E-state index >= 15 is 0 Å². The molecule has 0 N–H and O–H groups in total. The van der Waals surface area contributed by atoms with E-state index in [1.54, 1.807) is 0 Å². The summed E-state index contributed by atoms with van der Waals surface area (Å²) in [6.07, 6.45) is 6.03. The van der Waals surface area contributed by atoms with Crippen molar-refractivity contribution in [1.29, 1.82) is 0 Å². The van der Waals surface area contributed by atoms with E-state index in [4.69, 9.17) is 0 Å². The molecule has 2 saturated carbocycles. The Bertz CT molecular complexity index is 721. The number of ether oxygens (including phenoxy) is 1. The summed E-state index contributed by atoms with van der Waals surface area (Å²) in [6, 6.07) is 4.19. The molecule has 0 spiro atoms. The van der Waals surface area contributed by atoms with Gasteiger partial charge in [-0.05, 0) is 50.5 Å². The average molecular weight is 360 g/mol. The normalized spacial score (nSPS) is 22.5. The first kappa shape index (κ1) is 18.4. The summed E-state index contributed by atoms with van der Waals surface area (Å²) in [6.45, 7) is 2.22. The molecule has 7 heteroatoms. The maximum atomic E-state index is 13.2. The Morgan fingerprint density at radius 1 is 1.04 bits per heavy atom. The van der Waals surface area contributed by atoms with Gasteiger partial charge in [0.1, 0.15) is 0 Å². The predicted octanol–water partition coefficient (Wildman–Crippen LogP) is 3.56. The summed E-state index contributed by atoms with van der Waals surface area (Å²) in [5, 5.41) is 11.2. The van der Waals surface area contributed by atoms with Gasteiger partial charge in [-0.1, -0.05) is 6.92 Å². The number of amides is 1. The summed E-state index contributed by atoms with van der Waals surface area (Å²) in [7, 11) is 1.21. The molecule has 2 aliphatic carbocycles. The summed E-state index contributed by atoms with van der Waals surface area (Å²) >= 11 is 0. The minimum Gasteiger partial charge on any atom is -0.465 e. The van der Waals surface area contributed by atoms with E-state index in [1.165, 1.54) is 19.2 Å². The fourth-order valence-electron chi connectivity index (χ4n) is 3.73. The topological polar surface area (TPSA) is 89.8 Å². The molecule has 0 radical (unpaired) electrons. The Morgan fingerprint density at radius 2 is 1.58 bits per heavy atom. The van der Waals surface area contributed by atoms with Crippen LogP contribution < -0.4 is 0 Å². The molecule has 3 rings (SSSR count). The maximum Gasteiger partial charge on any atom is 0.338 e. The van der Waals surface area contributed by atoms with E-state index < -0.39 is 10.9 Å². The molecule has 0 saturated heterocycles. The van der Waals surface area contributed by atoms with Gasteiger partial charge >= 0.3 is 5.97 Å². The average Bonchev–Trinajstić information content (AvgIpc) is 3.47. The highest BCUT2D eigenvalue weighted by Crippen LogP contribution is 2.36. The Labute approximate surface area is 152 Å². The van der Waals surface area contributed by atoms with Crippen LogP contribution in [0.4, 0.5) is 5.69 Å². The van der Waals surface area contributed by atoms with Gasteiger partial charge in [0.2, 0.25) is 0 Å². The van der Waals surface area contributed by atoms with Crippen LogP contribution in [0.3, 0.4) is 0 Å². The van der Waals surface area contributed by atoms with E-state index in [1.807, 2.05) is 4.90 Å². The van der Waals surface area contributed by atoms with Crippen LogP contribution in [-0.2, 0) is 4.74 Å². The van der Waals surface area contributed by atoms with Crippen molar-refractivity contribution < 1.29 is 19.2 Å². The van der Waals surface area contributed by atoms with Crippen LogP contribution in [-0.4, -0.2) is 40.9 Å². The molecule has 1 aromatic rings. The number of methoxy groups -OCH3 is 1. The number of nitro benzene ring substituents is 1. The Balaban J connectivity index is 1.92. The number of rotatable bonds is 5. The monoisotopic (exact) mass is 360 g/mol. The molecule has 26 heavy (non-hydrogen) atoms. The number of nitro groups is 1. The highest BCUT2D eigenvalue weighted by Gasteiger charge is 2.39. The molecule has 1 aromatic carbocycles. The highest BCUT2D eigenvalue weighted by atomic mass is 16.6. The molecule has 2 aliphatic rings. The SMILES string of the molecule is COC(=O)c1cc(C(=O)N(C2CCC(C)CC2)C2CC2)cc([N+](=O)[O-])c1. The molecule has 7 nitrogen and oxygen atoms in total. The molecule has 2 fully saturated rings. The van der Waals surface area contributed by atoms with Gasteiger partial charge in [-0.2, -0.15) is 0 Å². The number of nitrogens with zero attached hydrogens (tertiary/aromatic N) is 2. The van der Waals surface area contributed by atoms with E-state index in [9.17, 15) is 19.7 Å². The second-order valence-electron chi connectivity index (χ2n) is 7.37. The number of carbonyl (C=O) groups is 2. The molecule has 0 bridgehead atoms. The first-order valence-corrected chi connectivity index (χ1v) is 9.11. The number of benzene rings is 1. The first-order chi connectivity index (χ1) is 12.4. The van der Waals surface area contributed by atoms with E-state index in [2.05, 4.69) is 11.7 Å². The lowest BCUT2D eigenvalue weighted by atomic mass is 9.86. The van der Waals surface area contributed by atoms with E-state index in [-0.39, 0.29) is 34.8 Å². The second kappa shape index (κ2) is 7.43. The van der Waals surface area contributed by atoms with E-state index in [0.29, 0.717) is 5.92 Å². The van der Waals surface area contributed by atoms with Gasteiger partial charge in [-0.3, -0.25) is 14.9 Å². The van der Waals surface area contributed by atoms with Crippen molar-refractivity contribution in [3.05, 3.63) is 39.4 Å². The lowest BCUT2D eigenvalue weighted by Crippen LogP contribution is -2.43. The third kappa shape index (κ3) is 3.86. The lowest BCUT2D eigenvalue weighted by Gasteiger charge is -2.36. The third-order valence-corrected chi connectivity index (χ3v) is 5.35. The fourth-order valence-corrected chi connectivity index (χ4v) is 3.73. The molecule has 0 atom stereocenters. The number of esters is 1. The largest absolute Gasteiger partial charge is 0.465 e. The zero-order chi connectivity index (χ0) is 18.8. The van der Waals surface area contributed by atoms with Crippen molar-refractivity contribution in [2.24, 2.45) is 5.92 Å². The van der Waals surface area contributed by atoms with E-state index in [0.717, 1.165) is 44.6 Å². The van der Waals surface area contributed by atoms with Gasteiger partial charge in [0.05, 0.1) is 17.6 Å². The number of hydrogen-bond donors (Lipinski definition) is 0. The molecule has 0 heterocycles. The van der Waals surface area contributed by atoms with Gasteiger partial charge in [-0.25, -0.2) is 4.79 Å². The summed E-state index contributed by atoms with van der Waals surface area (Å²) in [4.78, 5) is 37.6. The molecular weight excluding hydrogens is 336 g/mol. The zero-order valence-electron chi connectivity index (χ0n) is 15.1. The van der Waals surface area contributed by atoms with Crippen LogP contribution >= 0.6 is 0 Å². The van der Waals surface area contributed by atoms with Crippen LogP contribution in [0.5, 0.6) is 0 Å². The van der Waals surface area contributed by atoms with Crippen molar-refractivity contribution in [1.82, 2.24) is 4.90 Å². The highest BCUT2D eigenvalue weighted by molar-refractivity contribution is 5.99. The standard InChI is InChI=1S/C19H24N2O5/c1-12-3-5-15(6-4-12)20(16-7-8-16)18(22)13-9-14(19(23)26-2)11-17(10-13)21(24)25/h9-12,15-16H,3-8H2,1-2H3. The van der Waals surface area contributed by atoms with Crippen LogP contribution in [0.25, 0.3) is 0 Å². The van der Waals surface area contributed by atoms with Crippen LogP contribution in [0.2, 0.25) is 0 Å². The number of hydrogen-bond acceptors (Lipinski definition) is 5. The second-order valence-corrected chi connectivity index (χ2v) is 7.37. The minimum absolute atomic E-state index is 0.0260. The summed E-state index contributed by atoms with van der Waals surface area (Å²) in [5.41, 5.74) is -0.0625. The first-order valence-electron chi connectivity index (χ1n) is 9.11. The lowest BCUT2D eigenvalue weighted by molar-refractivity contribution is -0.384. The number of non-ortho nitro benzene ring substituents is 1. The molecular formula is C19H24N2O5.